The molecule has 2 aliphatic rings. The zero-order valence-electron chi connectivity index (χ0n) is 18.6. The van der Waals surface area contributed by atoms with Gasteiger partial charge >= 0.3 is 0 Å². The summed E-state index contributed by atoms with van der Waals surface area (Å²) in [7, 11) is -3.18. The summed E-state index contributed by atoms with van der Waals surface area (Å²) in [6.07, 6.45) is 11.0. The Morgan fingerprint density at radius 2 is 1.97 bits per heavy atom. The molecule has 2 aliphatic heterocycles. The van der Waals surface area contributed by atoms with Crippen molar-refractivity contribution in [3.63, 3.8) is 0 Å². The molecule has 2 saturated heterocycles. The lowest BCUT2D eigenvalue weighted by atomic mass is 9.79. The summed E-state index contributed by atoms with van der Waals surface area (Å²) in [4.78, 5) is 7.49. The van der Waals surface area contributed by atoms with Crippen molar-refractivity contribution < 1.29 is 13.2 Å². The van der Waals surface area contributed by atoms with Crippen LogP contribution in [0.15, 0.2) is 59.6 Å². The van der Waals surface area contributed by atoms with Crippen LogP contribution in [0.3, 0.4) is 0 Å². The quantitative estimate of drug-likeness (QED) is 0.670. The van der Waals surface area contributed by atoms with E-state index in [0.29, 0.717) is 4.90 Å². The van der Waals surface area contributed by atoms with Gasteiger partial charge < -0.3 is 4.74 Å². The molecule has 0 N–H and O–H groups in total. The highest BCUT2D eigenvalue weighted by Gasteiger charge is 2.48. The molecular formula is C25H32N2O3S. The largest absolute Gasteiger partial charge is 0.377 e. The fourth-order valence-electron chi connectivity index (χ4n) is 4.85. The van der Waals surface area contributed by atoms with Crippen LogP contribution in [0, 0.1) is 5.41 Å². The van der Waals surface area contributed by atoms with Gasteiger partial charge in [-0.3, -0.25) is 9.88 Å². The third kappa shape index (κ3) is 4.61. The first kappa shape index (κ1) is 22.2. The number of rotatable bonds is 6. The van der Waals surface area contributed by atoms with E-state index in [4.69, 9.17) is 4.74 Å². The predicted octanol–water partition coefficient (Wildman–Crippen LogP) is 4.30. The summed E-state index contributed by atoms with van der Waals surface area (Å²) in [5.74, 6) is 0. The molecule has 0 bridgehead atoms. The van der Waals surface area contributed by atoms with Gasteiger partial charge in [0, 0.05) is 37.6 Å². The molecule has 4 rings (SSSR count). The zero-order valence-corrected chi connectivity index (χ0v) is 19.4. The molecule has 0 radical (unpaired) electrons. The van der Waals surface area contributed by atoms with Crippen LogP contribution in [-0.4, -0.2) is 50.4 Å². The average molecular weight is 441 g/mol. The number of hydrogen-bond donors (Lipinski definition) is 0. The van der Waals surface area contributed by atoms with Crippen LogP contribution in [0.5, 0.6) is 0 Å². The van der Waals surface area contributed by atoms with Crippen molar-refractivity contribution in [2.45, 2.75) is 49.6 Å². The maximum Gasteiger partial charge on any atom is 0.175 e. The van der Waals surface area contributed by atoms with Gasteiger partial charge in [-0.2, -0.15) is 0 Å². The van der Waals surface area contributed by atoms with E-state index in [9.17, 15) is 8.42 Å². The van der Waals surface area contributed by atoms with E-state index < -0.39 is 9.84 Å². The minimum atomic E-state index is -3.18. The summed E-state index contributed by atoms with van der Waals surface area (Å²) in [6.45, 7) is 7.22. The van der Waals surface area contributed by atoms with Gasteiger partial charge in [0.2, 0.25) is 0 Å². The highest BCUT2D eigenvalue weighted by Crippen LogP contribution is 2.45. The van der Waals surface area contributed by atoms with Gasteiger partial charge in [0.1, 0.15) is 0 Å². The van der Waals surface area contributed by atoms with Crippen molar-refractivity contribution in [2.24, 2.45) is 5.41 Å². The first-order valence-corrected chi connectivity index (χ1v) is 12.9. The Hall–Kier alpha value is -2.02. The third-order valence-electron chi connectivity index (χ3n) is 6.90. The molecule has 2 atom stereocenters. The van der Waals surface area contributed by atoms with Gasteiger partial charge in [-0.15, -0.1) is 0 Å². The van der Waals surface area contributed by atoms with Crippen LogP contribution in [-0.2, 0) is 20.1 Å². The van der Waals surface area contributed by atoms with Crippen LogP contribution in [0.2, 0.25) is 0 Å². The number of ether oxygens (including phenoxy) is 1. The van der Waals surface area contributed by atoms with Crippen molar-refractivity contribution in [3.8, 4) is 0 Å². The summed E-state index contributed by atoms with van der Waals surface area (Å²) in [5.41, 5.74) is 1.87. The second-order valence-corrected chi connectivity index (χ2v) is 11.4. The number of sulfone groups is 1. The molecule has 1 aromatic carbocycles. The Morgan fingerprint density at radius 3 is 2.58 bits per heavy atom. The van der Waals surface area contributed by atoms with Crippen molar-refractivity contribution >= 4 is 15.9 Å². The third-order valence-corrected chi connectivity index (χ3v) is 8.03. The van der Waals surface area contributed by atoms with Gasteiger partial charge in [-0.1, -0.05) is 30.4 Å². The highest BCUT2D eigenvalue weighted by molar-refractivity contribution is 7.90. The lowest BCUT2D eigenvalue weighted by Gasteiger charge is -2.38. The minimum Gasteiger partial charge on any atom is -0.377 e. The Labute approximate surface area is 186 Å². The first-order valence-electron chi connectivity index (χ1n) is 11.0. The van der Waals surface area contributed by atoms with E-state index in [1.54, 1.807) is 12.1 Å². The van der Waals surface area contributed by atoms with Gasteiger partial charge in [-0.25, -0.2) is 8.42 Å². The van der Waals surface area contributed by atoms with E-state index in [-0.39, 0.29) is 17.1 Å². The molecular weight excluding hydrogens is 408 g/mol. The van der Waals surface area contributed by atoms with Crippen LogP contribution < -0.4 is 0 Å². The monoisotopic (exact) mass is 440 g/mol. The van der Waals surface area contributed by atoms with E-state index in [1.165, 1.54) is 6.26 Å². The molecule has 0 amide bonds. The molecule has 0 saturated carbocycles. The van der Waals surface area contributed by atoms with Crippen molar-refractivity contribution in [2.75, 3.05) is 26.0 Å². The summed E-state index contributed by atoms with van der Waals surface area (Å²) < 4.78 is 29.7. The number of aromatic nitrogens is 1. The summed E-state index contributed by atoms with van der Waals surface area (Å²) >= 11 is 0. The SMILES string of the molecule is CC(C)(c1ccccn1)N1CC[C@](/C=C/c2ccc(S(C)(=O)=O)cc2)([C@H]2CCCO2)C1. The number of pyridine rings is 1. The molecule has 31 heavy (non-hydrogen) atoms. The number of nitrogens with zero attached hydrogens (tertiary/aromatic N) is 2. The highest BCUT2D eigenvalue weighted by atomic mass is 32.2. The molecule has 2 aromatic rings. The molecule has 5 nitrogen and oxygen atoms in total. The minimum absolute atomic E-state index is 0.0575. The van der Waals surface area contributed by atoms with E-state index in [0.717, 1.165) is 50.2 Å². The predicted molar refractivity (Wildman–Crippen MR) is 123 cm³/mol. The smallest absolute Gasteiger partial charge is 0.175 e. The van der Waals surface area contributed by atoms with Gasteiger partial charge in [0.05, 0.1) is 22.2 Å². The molecule has 0 aliphatic carbocycles. The maximum atomic E-state index is 11.7. The normalized spacial score (nSPS) is 25.5. The second-order valence-electron chi connectivity index (χ2n) is 9.35. The molecule has 1 aromatic heterocycles. The Balaban J connectivity index is 1.59. The zero-order chi connectivity index (χ0) is 22.1. The average Bonchev–Trinajstić information content (AvgIpc) is 3.44. The van der Waals surface area contributed by atoms with Crippen molar-refractivity contribution in [1.82, 2.24) is 9.88 Å². The lowest BCUT2D eigenvalue weighted by Crippen LogP contribution is -2.44. The van der Waals surface area contributed by atoms with Crippen LogP contribution >= 0.6 is 0 Å². The van der Waals surface area contributed by atoms with Crippen molar-refractivity contribution in [3.05, 3.63) is 66.0 Å². The Kier molecular flexibility index (Phi) is 6.08. The van der Waals surface area contributed by atoms with E-state index >= 15 is 0 Å². The second kappa shape index (κ2) is 8.49. The Morgan fingerprint density at radius 1 is 1.19 bits per heavy atom. The van der Waals surface area contributed by atoms with Gasteiger partial charge in [0.25, 0.3) is 0 Å². The van der Waals surface area contributed by atoms with Crippen molar-refractivity contribution in [1.29, 1.82) is 0 Å². The molecule has 0 spiro atoms. The molecule has 2 fully saturated rings. The molecule has 166 valence electrons. The van der Waals surface area contributed by atoms with E-state index in [1.807, 2.05) is 30.5 Å². The fraction of sp³-hybridized carbons (Fsp3) is 0.480. The first-order chi connectivity index (χ1) is 14.7. The standard InChI is InChI=1S/C25H32N2O3S/c1-24(2,22-7-4-5-16-26-22)27-17-15-25(19-27,23-8-6-18-30-23)14-13-20-9-11-21(12-10-20)31(3,28)29/h4-5,7,9-14,16,23H,6,8,15,17-19H2,1-3H3/b14-13+/t23-,25+/m1/s1. The maximum absolute atomic E-state index is 11.7. The molecule has 0 unspecified atom stereocenters. The molecule has 3 heterocycles. The molecule has 6 heteroatoms. The topological polar surface area (TPSA) is 59.5 Å². The number of likely N-dealkylation sites (tertiary alicyclic amines) is 1. The van der Waals surface area contributed by atoms with Gasteiger partial charge in [-0.05, 0) is 62.9 Å². The lowest BCUT2D eigenvalue weighted by molar-refractivity contribution is 0.0221. The van der Waals surface area contributed by atoms with Crippen LogP contribution in [0.1, 0.15) is 44.4 Å². The summed E-state index contributed by atoms with van der Waals surface area (Å²) in [5, 5.41) is 0. The number of hydrogen-bond acceptors (Lipinski definition) is 5. The van der Waals surface area contributed by atoms with Crippen LogP contribution in [0.25, 0.3) is 6.08 Å². The summed E-state index contributed by atoms with van der Waals surface area (Å²) in [6, 6.07) is 13.2. The van der Waals surface area contributed by atoms with Crippen LogP contribution in [0.4, 0.5) is 0 Å². The fourth-order valence-corrected chi connectivity index (χ4v) is 5.48. The Bertz CT molecular complexity index is 1030. The van der Waals surface area contributed by atoms with Gasteiger partial charge in [0.15, 0.2) is 9.84 Å². The van der Waals surface area contributed by atoms with E-state index in [2.05, 4.69) is 41.9 Å². The number of benzene rings is 1.